The highest BCUT2D eigenvalue weighted by molar-refractivity contribution is 6.10. The summed E-state index contributed by atoms with van der Waals surface area (Å²) in [6.45, 7) is 1.63. The van der Waals surface area contributed by atoms with Crippen LogP contribution in [-0.2, 0) is 9.59 Å². The topological polar surface area (TPSA) is 108 Å². The molecule has 0 aromatic heterocycles. The van der Waals surface area contributed by atoms with Crippen molar-refractivity contribution in [1.29, 1.82) is 0 Å². The number of amides is 5. The summed E-state index contributed by atoms with van der Waals surface area (Å²) in [7, 11) is 1.54. The van der Waals surface area contributed by atoms with Crippen LogP contribution in [-0.4, -0.2) is 47.8 Å². The average molecular weight is 372 g/mol. The number of carbonyl (C=O) groups is 4. The maximum absolute atomic E-state index is 12.9. The van der Waals surface area contributed by atoms with E-state index in [0.717, 1.165) is 24.2 Å². The predicted molar refractivity (Wildman–Crippen MR) is 99.1 cm³/mol. The van der Waals surface area contributed by atoms with Gasteiger partial charge < -0.3 is 16.0 Å². The van der Waals surface area contributed by atoms with Gasteiger partial charge in [-0.1, -0.05) is 19.8 Å². The molecule has 0 unspecified atom stereocenters. The molecule has 27 heavy (non-hydrogen) atoms. The second kappa shape index (κ2) is 7.38. The van der Waals surface area contributed by atoms with Crippen LogP contribution in [0.1, 0.15) is 43.0 Å². The van der Waals surface area contributed by atoms with E-state index in [-0.39, 0.29) is 24.3 Å². The molecule has 3 N–H and O–H groups in total. The first-order valence-corrected chi connectivity index (χ1v) is 9.13. The molecule has 1 aromatic carbocycles. The van der Waals surface area contributed by atoms with Crippen LogP contribution in [0.25, 0.3) is 0 Å². The molecule has 1 saturated carbocycles. The monoisotopic (exact) mass is 372 g/mol. The first-order chi connectivity index (χ1) is 12.9. The molecule has 1 saturated heterocycles. The highest BCUT2D eigenvalue weighted by Crippen LogP contribution is 2.38. The number of hydrogen-bond acceptors (Lipinski definition) is 4. The molecule has 2 fully saturated rings. The van der Waals surface area contributed by atoms with Crippen molar-refractivity contribution in [2.45, 2.75) is 38.1 Å². The first-order valence-electron chi connectivity index (χ1n) is 9.13. The quantitative estimate of drug-likeness (QED) is 0.696. The predicted octanol–water partition coefficient (Wildman–Crippen LogP) is 1.49. The molecule has 1 aliphatic carbocycles. The van der Waals surface area contributed by atoms with E-state index in [1.165, 1.54) is 7.05 Å². The van der Waals surface area contributed by atoms with E-state index in [1.807, 2.05) is 6.92 Å². The van der Waals surface area contributed by atoms with Gasteiger partial charge in [0.05, 0.1) is 0 Å². The second-order valence-corrected chi connectivity index (χ2v) is 7.14. The average Bonchev–Trinajstić information content (AvgIpc) is 2.89. The van der Waals surface area contributed by atoms with Crippen LogP contribution in [0.5, 0.6) is 0 Å². The normalized spacial score (nSPS) is 24.7. The van der Waals surface area contributed by atoms with Gasteiger partial charge in [0.1, 0.15) is 12.1 Å². The van der Waals surface area contributed by atoms with Crippen LogP contribution in [0.4, 0.5) is 10.5 Å². The summed E-state index contributed by atoms with van der Waals surface area (Å²) in [4.78, 5) is 50.0. The van der Waals surface area contributed by atoms with Crippen molar-refractivity contribution >= 4 is 29.4 Å². The van der Waals surface area contributed by atoms with Crippen LogP contribution in [0, 0.1) is 5.92 Å². The largest absolute Gasteiger partial charge is 0.355 e. The van der Waals surface area contributed by atoms with E-state index in [2.05, 4.69) is 16.0 Å². The van der Waals surface area contributed by atoms with Crippen molar-refractivity contribution in [1.82, 2.24) is 15.5 Å². The number of nitrogens with one attached hydrogen (secondary N) is 3. The second-order valence-electron chi connectivity index (χ2n) is 7.14. The van der Waals surface area contributed by atoms with Gasteiger partial charge in [-0.3, -0.25) is 19.3 Å². The fourth-order valence-corrected chi connectivity index (χ4v) is 3.83. The van der Waals surface area contributed by atoms with E-state index in [4.69, 9.17) is 0 Å². The minimum Gasteiger partial charge on any atom is -0.355 e. The third kappa shape index (κ3) is 3.51. The van der Waals surface area contributed by atoms with Crippen molar-refractivity contribution in [3.05, 3.63) is 29.8 Å². The van der Waals surface area contributed by atoms with Gasteiger partial charge in [0, 0.05) is 18.3 Å². The van der Waals surface area contributed by atoms with Crippen molar-refractivity contribution in [2.24, 2.45) is 5.92 Å². The number of anilines is 1. The third-order valence-electron chi connectivity index (χ3n) is 5.46. The fourth-order valence-electron chi connectivity index (χ4n) is 3.83. The van der Waals surface area contributed by atoms with Gasteiger partial charge in [-0.05, 0) is 43.0 Å². The highest BCUT2D eigenvalue weighted by atomic mass is 16.2. The van der Waals surface area contributed by atoms with Crippen LogP contribution < -0.4 is 16.0 Å². The first kappa shape index (κ1) is 18.9. The zero-order valence-corrected chi connectivity index (χ0v) is 15.5. The van der Waals surface area contributed by atoms with Gasteiger partial charge >= 0.3 is 6.03 Å². The van der Waals surface area contributed by atoms with Gasteiger partial charge in [0.2, 0.25) is 5.91 Å². The SMILES string of the molecule is CNC(=O)c1ccc(NC(=O)CN2C(=O)N[C@@]3(CCCC[C@H]3C)C2=O)cc1. The Kier molecular flexibility index (Phi) is 5.16. The summed E-state index contributed by atoms with van der Waals surface area (Å²) in [5.41, 5.74) is 0.0865. The van der Waals surface area contributed by atoms with Crippen LogP contribution in [0.15, 0.2) is 24.3 Å². The Hall–Kier alpha value is -2.90. The molecule has 2 aliphatic rings. The Labute approximate surface area is 157 Å². The summed E-state index contributed by atoms with van der Waals surface area (Å²) in [5, 5.41) is 8.00. The zero-order valence-electron chi connectivity index (χ0n) is 15.5. The molecule has 8 nitrogen and oxygen atoms in total. The number of carbonyl (C=O) groups excluding carboxylic acids is 4. The van der Waals surface area contributed by atoms with Gasteiger partial charge in [0.15, 0.2) is 0 Å². The molecule has 8 heteroatoms. The number of urea groups is 1. The summed E-state index contributed by atoms with van der Waals surface area (Å²) >= 11 is 0. The summed E-state index contributed by atoms with van der Waals surface area (Å²) in [5.74, 6) is -0.955. The lowest BCUT2D eigenvalue weighted by Gasteiger charge is -2.36. The van der Waals surface area contributed by atoms with Gasteiger partial charge in [-0.15, -0.1) is 0 Å². The molecule has 1 aliphatic heterocycles. The molecule has 5 amide bonds. The molecule has 0 bridgehead atoms. The Bertz CT molecular complexity index is 776. The van der Waals surface area contributed by atoms with Crippen molar-refractivity contribution in [3.63, 3.8) is 0 Å². The third-order valence-corrected chi connectivity index (χ3v) is 5.46. The van der Waals surface area contributed by atoms with Crippen LogP contribution in [0.2, 0.25) is 0 Å². The number of rotatable bonds is 4. The minimum absolute atomic E-state index is 0.0491. The van der Waals surface area contributed by atoms with Crippen LogP contribution in [0.3, 0.4) is 0 Å². The summed E-state index contributed by atoms with van der Waals surface area (Å²) < 4.78 is 0. The van der Waals surface area contributed by atoms with Crippen molar-refractivity contribution < 1.29 is 19.2 Å². The van der Waals surface area contributed by atoms with Crippen molar-refractivity contribution in [2.75, 3.05) is 18.9 Å². The van der Waals surface area contributed by atoms with Gasteiger partial charge in [-0.25, -0.2) is 4.79 Å². The van der Waals surface area contributed by atoms with Crippen molar-refractivity contribution in [3.8, 4) is 0 Å². The molecule has 2 atom stereocenters. The van der Waals surface area contributed by atoms with E-state index < -0.39 is 17.5 Å². The van der Waals surface area contributed by atoms with E-state index >= 15 is 0 Å². The lowest BCUT2D eigenvalue weighted by atomic mass is 9.73. The maximum atomic E-state index is 12.9. The highest BCUT2D eigenvalue weighted by Gasteiger charge is 2.55. The Morgan fingerprint density at radius 1 is 1.22 bits per heavy atom. The molecule has 1 aromatic rings. The van der Waals surface area contributed by atoms with Gasteiger partial charge in [-0.2, -0.15) is 0 Å². The molecular formula is C19H24N4O4. The van der Waals surface area contributed by atoms with Gasteiger partial charge in [0.25, 0.3) is 11.8 Å². The number of hydrogen-bond donors (Lipinski definition) is 3. The number of nitrogens with zero attached hydrogens (tertiary/aromatic N) is 1. The standard InChI is InChI=1S/C19H24N4O4/c1-12-5-3-4-10-19(12)17(26)23(18(27)22-19)11-15(24)21-14-8-6-13(7-9-14)16(25)20-2/h6-9,12H,3-5,10-11H2,1-2H3,(H,20,25)(H,21,24)(H,22,27)/t12-,19-/m1/s1. The Balaban J connectivity index is 1.64. The number of imide groups is 1. The van der Waals surface area contributed by atoms with E-state index in [1.54, 1.807) is 24.3 Å². The zero-order chi connectivity index (χ0) is 19.6. The lowest BCUT2D eigenvalue weighted by Crippen LogP contribution is -2.54. The fraction of sp³-hybridized carbons (Fsp3) is 0.474. The molecular weight excluding hydrogens is 348 g/mol. The van der Waals surface area contributed by atoms with E-state index in [0.29, 0.717) is 17.7 Å². The maximum Gasteiger partial charge on any atom is 0.325 e. The number of benzene rings is 1. The smallest absolute Gasteiger partial charge is 0.325 e. The summed E-state index contributed by atoms with van der Waals surface area (Å²) in [6.07, 6.45) is 3.41. The molecule has 1 spiro atoms. The molecule has 0 radical (unpaired) electrons. The molecule has 1 heterocycles. The van der Waals surface area contributed by atoms with Crippen LogP contribution >= 0.6 is 0 Å². The molecule has 3 rings (SSSR count). The Morgan fingerprint density at radius 2 is 1.93 bits per heavy atom. The van der Waals surface area contributed by atoms with E-state index in [9.17, 15) is 19.2 Å². The minimum atomic E-state index is -0.870. The summed E-state index contributed by atoms with van der Waals surface area (Å²) in [6, 6.07) is 5.85. The Morgan fingerprint density at radius 3 is 2.56 bits per heavy atom. The molecule has 144 valence electrons. The lowest BCUT2D eigenvalue weighted by molar-refractivity contribution is -0.136.